The summed E-state index contributed by atoms with van der Waals surface area (Å²) in [4.78, 5) is 16.7. The first-order valence-corrected chi connectivity index (χ1v) is 10.1. The third kappa shape index (κ3) is 3.28. The fraction of sp³-hybridized carbons (Fsp3) is 0.588. The van der Waals surface area contributed by atoms with Gasteiger partial charge < -0.3 is 4.90 Å². The average Bonchev–Trinajstić information content (AvgIpc) is 3.03. The van der Waals surface area contributed by atoms with Crippen molar-refractivity contribution in [2.24, 2.45) is 0 Å². The second-order valence-corrected chi connectivity index (χ2v) is 8.79. The molecule has 126 valence electrons. The first-order chi connectivity index (χ1) is 10.9. The van der Waals surface area contributed by atoms with Crippen LogP contribution in [0.4, 0.5) is 5.69 Å². The molecule has 1 aromatic carbocycles. The Balaban J connectivity index is 1.73. The number of hydrogen-bond donors (Lipinski definition) is 0. The molecule has 0 aromatic heterocycles. The number of hydrogen-bond acceptors (Lipinski definition) is 4. The normalized spacial score (nSPS) is 25.8. The van der Waals surface area contributed by atoms with Gasteiger partial charge in [0.1, 0.15) is 0 Å². The number of carbonyl (C=O) groups is 1. The van der Waals surface area contributed by atoms with Gasteiger partial charge in [-0.3, -0.25) is 9.69 Å². The maximum Gasteiger partial charge on any atom is 0.241 e. The Morgan fingerprint density at radius 3 is 2.74 bits per heavy atom. The lowest BCUT2D eigenvalue weighted by atomic mass is 10.1. The van der Waals surface area contributed by atoms with E-state index in [2.05, 4.69) is 13.0 Å². The van der Waals surface area contributed by atoms with E-state index in [1.807, 2.05) is 34.9 Å². The van der Waals surface area contributed by atoms with E-state index in [0.717, 1.165) is 12.1 Å². The second-order valence-electron chi connectivity index (χ2n) is 6.57. The van der Waals surface area contributed by atoms with E-state index in [0.29, 0.717) is 13.0 Å². The molecule has 0 bridgehead atoms. The highest BCUT2D eigenvalue weighted by Crippen LogP contribution is 2.32. The number of fused-ring (bicyclic) bond motifs is 1. The predicted octanol–water partition coefficient (Wildman–Crippen LogP) is 1.47. The standard InChI is InChI=1S/C17H24N2O3S/c1-3-18(15-8-9-23(21,22)12-15)11-17(20)19-13(2)10-14-6-4-5-7-16(14)19/h4-7,13,15H,3,8-12H2,1-2H3. The third-order valence-corrected chi connectivity index (χ3v) is 6.70. The molecule has 0 saturated carbocycles. The molecular weight excluding hydrogens is 312 g/mol. The van der Waals surface area contributed by atoms with Crippen LogP contribution in [0.1, 0.15) is 25.8 Å². The lowest BCUT2D eigenvalue weighted by Crippen LogP contribution is -2.46. The Hall–Kier alpha value is -1.40. The first-order valence-electron chi connectivity index (χ1n) is 8.25. The molecule has 2 unspecified atom stereocenters. The molecule has 0 N–H and O–H groups in total. The van der Waals surface area contributed by atoms with Crippen molar-refractivity contribution in [1.29, 1.82) is 0 Å². The van der Waals surface area contributed by atoms with Crippen LogP contribution in [-0.4, -0.2) is 55.9 Å². The molecule has 2 aliphatic heterocycles. The summed E-state index contributed by atoms with van der Waals surface area (Å²) in [6.07, 6.45) is 1.52. The van der Waals surface area contributed by atoms with Crippen LogP contribution in [0.2, 0.25) is 0 Å². The van der Waals surface area contributed by atoms with Crippen LogP contribution in [0.5, 0.6) is 0 Å². The Morgan fingerprint density at radius 2 is 2.09 bits per heavy atom. The average molecular weight is 336 g/mol. The van der Waals surface area contributed by atoms with Crippen molar-refractivity contribution in [3.8, 4) is 0 Å². The van der Waals surface area contributed by atoms with Crippen LogP contribution >= 0.6 is 0 Å². The summed E-state index contributed by atoms with van der Waals surface area (Å²) >= 11 is 0. The molecule has 0 radical (unpaired) electrons. The van der Waals surface area contributed by atoms with E-state index in [1.165, 1.54) is 5.56 Å². The van der Waals surface area contributed by atoms with Crippen LogP contribution < -0.4 is 4.90 Å². The van der Waals surface area contributed by atoms with Gasteiger partial charge in [0.2, 0.25) is 5.91 Å². The molecule has 2 heterocycles. The maximum atomic E-state index is 12.8. The summed E-state index contributed by atoms with van der Waals surface area (Å²) in [6.45, 7) is 5.03. The Bertz CT molecular complexity index is 702. The minimum Gasteiger partial charge on any atom is -0.308 e. The van der Waals surface area contributed by atoms with Crippen molar-refractivity contribution in [3.05, 3.63) is 29.8 Å². The monoisotopic (exact) mass is 336 g/mol. The number of amides is 1. The zero-order chi connectivity index (χ0) is 16.6. The molecule has 2 atom stereocenters. The third-order valence-electron chi connectivity index (χ3n) is 4.95. The van der Waals surface area contributed by atoms with Gasteiger partial charge in [0.25, 0.3) is 0 Å². The number of carbonyl (C=O) groups excluding carboxylic acids is 1. The lowest BCUT2D eigenvalue weighted by Gasteiger charge is -2.30. The molecule has 1 fully saturated rings. The molecule has 0 aliphatic carbocycles. The molecule has 5 nitrogen and oxygen atoms in total. The van der Waals surface area contributed by atoms with Gasteiger partial charge in [-0.2, -0.15) is 0 Å². The van der Waals surface area contributed by atoms with E-state index < -0.39 is 9.84 Å². The molecule has 6 heteroatoms. The quantitative estimate of drug-likeness (QED) is 0.835. The molecule has 2 aliphatic rings. The van der Waals surface area contributed by atoms with Gasteiger partial charge in [-0.25, -0.2) is 8.42 Å². The second kappa shape index (κ2) is 6.24. The van der Waals surface area contributed by atoms with Gasteiger partial charge in [-0.15, -0.1) is 0 Å². The van der Waals surface area contributed by atoms with E-state index in [9.17, 15) is 13.2 Å². The Morgan fingerprint density at radius 1 is 1.35 bits per heavy atom. The Kier molecular flexibility index (Phi) is 4.47. The highest BCUT2D eigenvalue weighted by Gasteiger charge is 2.35. The smallest absolute Gasteiger partial charge is 0.241 e. The maximum absolute atomic E-state index is 12.8. The lowest BCUT2D eigenvalue weighted by molar-refractivity contribution is -0.120. The largest absolute Gasteiger partial charge is 0.308 e. The summed E-state index contributed by atoms with van der Waals surface area (Å²) < 4.78 is 23.4. The van der Waals surface area contributed by atoms with Crippen LogP contribution in [-0.2, 0) is 21.1 Å². The Labute approximate surface area is 138 Å². The number of anilines is 1. The molecule has 1 aromatic rings. The molecule has 3 rings (SSSR count). The van der Waals surface area contributed by atoms with Gasteiger partial charge in [0, 0.05) is 17.8 Å². The number of para-hydroxylation sites is 1. The molecule has 1 amide bonds. The zero-order valence-electron chi connectivity index (χ0n) is 13.7. The van der Waals surface area contributed by atoms with Crippen molar-refractivity contribution in [3.63, 3.8) is 0 Å². The number of nitrogens with zero attached hydrogens (tertiary/aromatic N) is 2. The number of likely N-dealkylation sites (N-methyl/N-ethyl adjacent to an activating group) is 1. The van der Waals surface area contributed by atoms with E-state index in [-0.39, 0.29) is 36.0 Å². The van der Waals surface area contributed by atoms with Crippen LogP contribution in [0.25, 0.3) is 0 Å². The van der Waals surface area contributed by atoms with E-state index in [4.69, 9.17) is 0 Å². The zero-order valence-corrected chi connectivity index (χ0v) is 14.6. The summed E-state index contributed by atoms with van der Waals surface area (Å²) in [7, 11) is -2.93. The molecule has 23 heavy (non-hydrogen) atoms. The molecule has 1 saturated heterocycles. The summed E-state index contributed by atoms with van der Waals surface area (Å²) in [6, 6.07) is 8.15. The summed E-state index contributed by atoms with van der Waals surface area (Å²) in [5.74, 6) is 0.486. The van der Waals surface area contributed by atoms with Gasteiger partial charge >= 0.3 is 0 Å². The van der Waals surface area contributed by atoms with Crippen molar-refractivity contribution in [2.45, 2.75) is 38.8 Å². The summed E-state index contributed by atoms with van der Waals surface area (Å²) in [5.41, 5.74) is 2.21. The fourth-order valence-electron chi connectivity index (χ4n) is 3.76. The number of benzene rings is 1. The van der Waals surface area contributed by atoms with Crippen molar-refractivity contribution >= 4 is 21.4 Å². The molecule has 0 spiro atoms. The van der Waals surface area contributed by atoms with Gasteiger partial charge in [0.05, 0.1) is 18.1 Å². The van der Waals surface area contributed by atoms with Crippen molar-refractivity contribution in [1.82, 2.24) is 4.90 Å². The van der Waals surface area contributed by atoms with Gasteiger partial charge in [-0.1, -0.05) is 25.1 Å². The molecular formula is C17H24N2O3S. The van der Waals surface area contributed by atoms with Gasteiger partial charge in [0.15, 0.2) is 9.84 Å². The SMILES string of the molecule is CCN(CC(=O)N1c2ccccc2CC1C)C1CCS(=O)(=O)C1. The fourth-order valence-corrected chi connectivity index (χ4v) is 5.52. The number of sulfone groups is 1. The van der Waals surface area contributed by atoms with Crippen LogP contribution in [0.15, 0.2) is 24.3 Å². The van der Waals surface area contributed by atoms with Crippen molar-refractivity contribution < 1.29 is 13.2 Å². The number of rotatable bonds is 4. The van der Waals surface area contributed by atoms with E-state index >= 15 is 0 Å². The summed E-state index contributed by atoms with van der Waals surface area (Å²) in [5, 5.41) is 0. The highest BCUT2D eigenvalue weighted by atomic mass is 32.2. The minimum absolute atomic E-state index is 0.0258. The van der Waals surface area contributed by atoms with Crippen molar-refractivity contribution in [2.75, 3.05) is 29.5 Å². The van der Waals surface area contributed by atoms with Crippen LogP contribution in [0, 0.1) is 0 Å². The van der Waals surface area contributed by atoms with E-state index in [1.54, 1.807) is 0 Å². The van der Waals surface area contributed by atoms with Crippen LogP contribution in [0.3, 0.4) is 0 Å². The minimum atomic E-state index is -2.93. The highest BCUT2D eigenvalue weighted by molar-refractivity contribution is 7.91. The predicted molar refractivity (Wildman–Crippen MR) is 91.4 cm³/mol. The van der Waals surface area contributed by atoms with Gasteiger partial charge in [-0.05, 0) is 37.9 Å². The topological polar surface area (TPSA) is 57.7 Å². The first kappa shape index (κ1) is 16.5.